The van der Waals surface area contributed by atoms with Gasteiger partial charge in [0.1, 0.15) is 0 Å². The van der Waals surface area contributed by atoms with E-state index in [9.17, 15) is 4.79 Å². The van der Waals surface area contributed by atoms with Crippen molar-refractivity contribution >= 4 is 5.91 Å². The number of hydrogen-bond acceptors (Lipinski definition) is 2. The van der Waals surface area contributed by atoms with Gasteiger partial charge < -0.3 is 10.6 Å². The van der Waals surface area contributed by atoms with Gasteiger partial charge in [-0.2, -0.15) is 0 Å². The summed E-state index contributed by atoms with van der Waals surface area (Å²) < 4.78 is 0. The second-order valence-corrected chi connectivity index (χ2v) is 5.58. The van der Waals surface area contributed by atoms with Gasteiger partial charge in [-0.25, -0.2) is 0 Å². The predicted molar refractivity (Wildman–Crippen MR) is 69.8 cm³/mol. The van der Waals surface area contributed by atoms with E-state index in [-0.39, 0.29) is 5.92 Å². The third-order valence-corrected chi connectivity index (χ3v) is 4.16. The van der Waals surface area contributed by atoms with Crippen LogP contribution in [0.2, 0.25) is 0 Å². The highest BCUT2D eigenvalue weighted by molar-refractivity contribution is 5.78. The molecule has 1 saturated carbocycles. The molecule has 2 N–H and O–H groups in total. The Kier molecular flexibility index (Phi) is 5.30. The summed E-state index contributed by atoms with van der Waals surface area (Å²) in [6.45, 7) is 1.94. The highest BCUT2D eigenvalue weighted by Crippen LogP contribution is 2.22. The lowest BCUT2D eigenvalue weighted by Crippen LogP contribution is -2.40. The molecule has 2 fully saturated rings. The fraction of sp³-hybridized carbons (Fsp3) is 0.929. The van der Waals surface area contributed by atoms with E-state index < -0.39 is 0 Å². The van der Waals surface area contributed by atoms with Crippen molar-refractivity contribution in [3.05, 3.63) is 0 Å². The van der Waals surface area contributed by atoms with Crippen molar-refractivity contribution < 1.29 is 4.79 Å². The van der Waals surface area contributed by atoms with E-state index in [0.717, 1.165) is 25.9 Å². The van der Waals surface area contributed by atoms with Crippen LogP contribution in [0.25, 0.3) is 0 Å². The molecule has 3 nitrogen and oxygen atoms in total. The zero-order valence-electron chi connectivity index (χ0n) is 10.8. The fourth-order valence-electron chi connectivity index (χ4n) is 3.02. The van der Waals surface area contributed by atoms with Crippen molar-refractivity contribution in [1.29, 1.82) is 0 Å². The van der Waals surface area contributed by atoms with Gasteiger partial charge in [-0.3, -0.25) is 4.79 Å². The largest absolute Gasteiger partial charge is 0.354 e. The van der Waals surface area contributed by atoms with Crippen LogP contribution in [0, 0.1) is 5.92 Å². The molecule has 1 aliphatic heterocycles. The monoisotopic (exact) mass is 238 g/mol. The maximum absolute atomic E-state index is 12.1. The van der Waals surface area contributed by atoms with Crippen LogP contribution in [0.1, 0.15) is 57.8 Å². The lowest BCUT2D eigenvalue weighted by molar-refractivity contribution is -0.125. The minimum atomic E-state index is 0.289. The molecule has 1 atom stereocenters. The Balaban J connectivity index is 1.69. The van der Waals surface area contributed by atoms with E-state index in [2.05, 4.69) is 10.6 Å². The normalized spacial score (nSPS) is 27.4. The first-order valence-corrected chi connectivity index (χ1v) is 7.37. The summed E-state index contributed by atoms with van der Waals surface area (Å²) in [7, 11) is 0. The summed E-state index contributed by atoms with van der Waals surface area (Å²) in [5.74, 6) is 0.595. The van der Waals surface area contributed by atoms with Crippen LogP contribution < -0.4 is 10.6 Å². The van der Waals surface area contributed by atoms with Crippen LogP contribution in [-0.4, -0.2) is 25.0 Å². The summed E-state index contributed by atoms with van der Waals surface area (Å²) in [6, 6.07) is 0.521. The highest BCUT2D eigenvalue weighted by atomic mass is 16.1. The minimum absolute atomic E-state index is 0.289. The van der Waals surface area contributed by atoms with E-state index >= 15 is 0 Å². The molecular weight excluding hydrogens is 212 g/mol. The third kappa shape index (κ3) is 4.30. The van der Waals surface area contributed by atoms with Gasteiger partial charge in [0, 0.05) is 18.5 Å². The SMILES string of the molecule is O=C(NCC1CCCN1)C1CCCCCCC1. The molecule has 0 spiro atoms. The molecule has 1 saturated heterocycles. The Labute approximate surface area is 105 Å². The van der Waals surface area contributed by atoms with Gasteiger partial charge in [0.25, 0.3) is 0 Å². The van der Waals surface area contributed by atoms with E-state index in [1.165, 1.54) is 44.9 Å². The zero-order chi connectivity index (χ0) is 11.9. The summed E-state index contributed by atoms with van der Waals surface area (Å²) in [5.41, 5.74) is 0. The van der Waals surface area contributed by atoms with E-state index in [1.54, 1.807) is 0 Å². The third-order valence-electron chi connectivity index (χ3n) is 4.16. The van der Waals surface area contributed by atoms with Gasteiger partial charge in [0.2, 0.25) is 5.91 Å². The molecule has 0 bridgehead atoms. The Hall–Kier alpha value is -0.570. The van der Waals surface area contributed by atoms with Gasteiger partial charge in [0.05, 0.1) is 0 Å². The number of amides is 1. The smallest absolute Gasteiger partial charge is 0.223 e. The molecule has 0 aromatic heterocycles. The first kappa shape index (κ1) is 12.9. The van der Waals surface area contributed by atoms with Crippen molar-refractivity contribution in [3.8, 4) is 0 Å². The lowest BCUT2D eigenvalue weighted by atomic mass is 9.90. The van der Waals surface area contributed by atoms with Crippen molar-refractivity contribution in [2.24, 2.45) is 5.92 Å². The molecule has 2 rings (SSSR count). The Bertz CT molecular complexity index is 228. The predicted octanol–water partition coefficient (Wildman–Crippen LogP) is 2.22. The first-order chi connectivity index (χ1) is 8.36. The first-order valence-electron chi connectivity index (χ1n) is 7.37. The maximum Gasteiger partial charge on any atom is 0.223 e. The Morgan fingerprint density at radius 2 is 1.71 bits per heavy atom. The van der Waals surface area contributed by atoms with Crippen LogP contribution in [-0.2, 0) is 4.79 Å². The highest BCUT2D eigenvalue weighted by Gasteiger charge is 2.21. The van der Waals surface area contributed by atoms with Crippen LogP contribution in [0.15, 0.2) is 0 Å². The topological polar surface area (TPSA) is 41.1 Å². The molecule has 1 aliphatic carbocycles. The average molecular weight is 238 g/mol. The van der Waals surface area contributed by atoms with Crippen molar-refractivity contribution in [1.82, 2.24) is 10.6 Å². The molecule has 1 amide bonds. The molecule has 0 aromatic carbocycles. The summed E-state index contributed by atoms with van der Waals surface area (Å²) >= 11 is 0. The lowest BCUT2D eigenvalue weighted by Gasteiger charge is -2.20. The number of carbonyl (C=O) groups excluding carboxylic acids is 1. The second kappa shape index (κ2) is 7.00. The maximum atomic E-state index is 12.1. The van der Waals surface area contributed by atoms with Crippen LogP contribution in [0.4, 0.5) is 0 Å². The standard InChI is InChI=1S/C14H26N2O/c17-14(16-11-13-9-6-10-15-13)12-7-4-2-1-3-5-8-12/h12-13,15H,1-11H2,(H,16,17). The molecular formula is C14H26N2O. The van der Waals surface area contributed by atoms with Crippen molar-refractivity contribution in [2.45, 2.75) is 63.8 Å². The minimum Gasteiger partial charge on any atom is -0.354 e. The average Bonchev–Trinajstić information content (AvgIpc) is 2.78. The summed E-state index contributed by atoms with van der Waals surface area (Å²) in [4.78, 5) is 12.1. The van der Waals surface area contributed by atoms with Crippen LogP contribution in [0.3, 0.4) is 0 Å². The van der Waals surface area contributed by atoms with Crippen molar-refractivity contribution in [2.75, 3.05) is 13.1 Å². The molecule has 1 unspecified atom stereocenters. The molecule has 0 radical (unpaired) electrons. The molecule has 2 aliphatic rings. The number of nitrogens with one attached hydrogen (secondary N) is 2. The van der Waals surface area contributed by atoms with Gasteiger partial charge in [0.15, 0.2) is 0 Å². The molecule has 1 heterocycles. The Morgan fingerprint density at radius 1 is 1.00 bits per heavy atom. The van der Waals surface area contributed by atoms with Crippen molar-refractivity contribution in [3.63, 3.8) is 0 Å². The van der Waals surface area contributed by atoms with Crippen LogP contribution >= 0.6 is 0 Å². The van der Waals surface area contributed by atoms with Gasteiger partial charge >= 0.3 is 0 Å². The van der Waals surface area contributed by atoms with Gasteiger partial charge in [-0.05, 0) is 32.2 Å². The Morgan fingerprint density at radius 3 is 2.35 bits per heavy atom. The fourth-order valence-corrected chi connectivity index (χ4v) is 3.02. The number of hydrogen-bond donors (Lipinski definition) is 2. The summed E-state index contributed by atoms with van der Waals surface area (Å²) in [6.07, 6.45) is 11.1. The van der Waals surface area contributed by atoms with E-state index in [1.807, 2.05) is 0 Å². The van der Waals surface area contributed by atoms with Gasteiger partial charge in [-0.15, -0.1) is 0 Å². The quantitative estimate of drug-likeness (QED) is 0.791. The molecule has 17 heavy (non-hydrogen) atoms. The second-order valence-electron chi connectivity index (χ2n) is 5.58. The summed E-state index contributed by atoms with van der Waals surface area (Å²) in [5, 5.41) is 6.56. The number of carbonyl (C=O) groups is 1. The molecule has 98 valence electrons. The van der Waals surface area contributed by atoms with E-state index in [0.29, 0.717) is 11.9 Å². The molecule has 3 heteroatoms. The number of rotatable bonds is 3. The zero-order valence-corrected chi connectivity index (χ0v) is 10.8. The van der Waals surface area contributed by atoms with Crippen LogP contribution in [0.5, 0.6) is 0 Å². The van der Waals surface area contributed by atoms with E-state index in [4.69, 9.17) is 0 Å². The molecule has 0 aromatic rings. The van der Waals surface area contributed by atoms with Gasteiger partial charge in [-0.1, -0.05) is 32.1 Å².